The van der Waals surface area contributed by atoms with Crippen LogP contribution in [0.1, 0.15) is 27.2 Å². The molecule has 0 radical (unpaired) electrons. The van der Waals surface area contributed by atoms with Crippen molar-refractivity contribution >= 4 is 12.0 Å². The number of carbonyl (C=O) groups excluding carboxylic acids is 1. The molecule has 1 aromatic heterocycles. The minimum absolute atomic E-state index is 0.227. The van der Waals surface area contributed by atoms with Crippen molar-refractivity contribution in [1.29, 1.82) is 0 Å². The maximum absolute atomic E-state index is 12.0. The molecule has 1 fully saturated rings. The lowest BCUT2D eigenvalue weighted by molar-refractivity contribution is 0.0292. The molecule has 1 aliphatic rings. The Morgan fingerprint density at radius 3 is 2.65 bits per heavy atom. The van der Waals surface area contributed by atoms with Crippen molar-refractivity contribution in [1.82, 2.24) is 14.9 Å². The van der Waals surface area contributed by atoms with Crippen LogP contribution < -0.4 is 4.90 Å². The third-order valence-electron chi connectivity index (χ3n) is 3.23. The lowest BCUT2D eigenvalue weighted by Crippen LogP contribution is -2.39. The largest absolute Gasteiger partial charge is 0.444 e. The Hall–Kier alpha value is -1.85. The van der Waals surface area contributed by atoms with Crippen molar-refractivity contribution in [3.05, 3.63) is 18.5 Å². The highest BCUT2D eigenvalue weighted by Crippen LogP contribution is 2.20. The monoisotopic (exact) mass is 278 g/mol. The Labute approximate surface area is 119 Å². The molecule has 2 heterocycles. The Balaban J connectivity index is 1.94. The van der Waals surface area contributed by atoms with Gasteiger partial charge in [-0.15, -0.1) is 0 Å². The van der Waals surface area contributed by atoms with Crippen LogP contribution in [0.4, 0.5) is 10.7 Å². The Bertz CT molecular complexity index is 458. The average Bonchev–Trinajstić information content (AvgIpc) is 2.86. The molecule has 0 N–H and O–H groups in total. The predicted octanol–water partition coefficient (Wildman–Crippen LogP) is 1.92. The van der Waals surface area contributed by atoms with E-state index in [-0.39, 0.29) is 12.1 Å². The molecular formula is C14H22N4O2. The van der Waals surface area contributed by atoms with Crippen LogP contribution in [0, 0.1) is 0 Å². The summed E-state index contributed by atoms with van der Waals surface area (Å²) in [6, 6.07) is 2.02. The number of carbonyl (C=O) groups is 1. The molecule has 0 saturated carbocycles. The lowest BCUT2D eigenvalue weighted by atomic mass is 10.2. The van der Waals surface area contributed by atoms with E-state index in [1.54, 1.807) is 23.4 Å². The molecule has 1 aliphatic heterocycles. The van der Waals surface area contributed by atoms with E-state index in [0.717, 1.165) is 6.42 Å². The van der Waals surface area contributed by atoms with Crippen LogP contribution >= 0.6 is 0 Å². The number of anilines is 1. The van der Waals surface area contributed by atoms with Gasteiger partial charge in [0.15, 0.2) is 0 Å². The smallest absolute Gasteiger partial charge is 0.410 e. The van der Waals surface area contributed by atoms with Crippen LogP contribution in [-0.4, -0.2) is 52.7 Å². The summed E-state index contributed by atoms with van der Waals surface area (Å²) in [6.45, 7) is 6.98. The van der Waals surface area contributed by atoms with Gasteiger partial charge in [0.1, 0.15) is 5.60 Å². The number of hydrogen-bond acceptors (Lipinski definition) is 5. The number of amides is 1. The maximum atomic E-state index is 12.0. The summed E-state index contributed by atoms with van der Waals surface area (Å²) < 4.78 is 5.39. The van der Waals surface area contributed by atoms with Crippen LogP contribution in [0.3, 0.4) is 0 Å². The maximum Gasteiger partial charge on any atom is 0.410 e. The zero-order valence-corrected chi connectivity index (χ0v) is 12.5. The molecule has 1 aromatic rings. The van der Waals surface area contributed by atoms with Gasteiger partial charge in [0.25, 0.3) is 0 Å². The Morgan fingerprint density at radius 2 is 2.05 bits per heavy atom. The standard InChI is InChI=1S/C14H22N4O2/c1-14(2,3)20-13(19)18-9-6-11(10-18)17(4)12-15-7-5-8-16-12/h5,7-8,11H,6,9-10H2,1-4H3/t11-/m1/s1. The molecule has 6 nitrogen and oxygen atoms in total. The molecule has 0 unspecified atom stereocenters. The van der Waals surface area contributed by atoms with Gasteiger partial charge in [-0.2, -0.15) is 0 Å². The lowest BCUT2D eigenvalue weighted by Gasteiger charge is -2.26. The van der Waals surface area contributed by atoms with E-state index < -0.39 is 5.60 Å². The summed E-state index contributed by atoms with van der Waals surface area (Å²) >= 11 is 0. The minimum atomic E-state index is -0.455. The molecule has 0 aliphatic carbocycles. The summed E-state index contributed by atoms with van der Waals surface area (Å²) in [5.74, 6) is 0.684. The fourth-order valence-electron chi connectivity index (χ4n) is 2.19. The molecule has 0 spiro atoms. The molecule has 20 heavy (non-hydrogen) atoms. The number of nitrogens with zero attached hydrogens (tertiary/aromatic N) is 4. The van der Waals surface area contributed by atoms with Crippen molar-refractivity contribution in [2.45, 2.75) is 38.8 Å². The second kappa shape index (κ2) is 5.64. The number of hydrogen-bond donors (Lipinski definition) is 0. The summed E-state index contributed by atoms with van der Waals surface area (Å²) in [5, 5.41) is 0. The van der Waals surface area contributed by atoms with E-state index >= 15 is 0 Å². The SMILES string of the molecule is CN(c1ncccn1)[C@@H]1CCN(C(=O)OC(C)(C)C)C1. The van der Waals surface area contributed by atoms with Gasteiger partial charge in [-0.05, 0) is 33.3 Å². The highest BCUT2D eigenvalue weighted by atomic mass is 16.6. The highest BCUT2D eigenvalue weighted by molar-refractivity contribution is 5.68. The van der Waals surface area contributed by atoms with Gasteiger partial charge in [-0.1, -0.05) is 0 Å². The van der Waals surface area contributed by atoms with E-state index in [4.69, 9.17) is 4.74 Å². The van der Waals surface area contributed by atoms with Crippen molar-refractivity contribution in [3.63, 3.8) is 0 Å². The number of aromatic nitrogens is 2. The predicted molar refractivity (Wildman–Crippen MR) is 76.6 cm³/mol. The average molecular weight is 278 g/mol. The summed E-state index contributed by atoms with van der Waals surface area (Å²) in [6.07, 6.45) is 4.09. The number of ether oxygens (including phenoxy) is 1. The fraction of sp³-hybridized carbons (Fsp3) is 0.643. The third kappa shape index (κ3) is 3.59. The van der Waals surface area contributed by atoms with Crippen LogP contribution in [0.5, 0.6) is 0 Å². The van der Waals surface area contributed by atoms with Gasteiger partial charge in [-0.25, -0.2) is 14.8 Å². The zero-order chi connectivity index (χ0) is 14.8. The van der Waals surface area contributed by atoms with E-state index in [1.807, 2.05) is 32.7 Å². The molecular weight excluding hydrogens is 256 g/mol. The molecule has 1 saturated heterocycles. The van der Waals surface area contributed by atoms with Crippen LogP contribution in [0.2, 0.25) is 0 Å². The first-order chi connectivity index (χ1) is 9.37. The first kappa shape index (κ1) is 14.6. The molecule has 110 valence electrons. The van der Waals surface area contributed by atoms with Gasteiger partial charge in [0, 0.05) is 32.5 Å². The van der Waals surface area contributed by atoms with Gasteiger partial charge in [-0.3, -0.25) is 0 Å². The summed E-state index contributed by atoms with van der Waals surface area (Å²) in [7, 11) is 1.96. The van der Waals surface area contributed by atoms with Crippen molar-refractivity contribution < 1.29 is 9.53 Å². The Kier molecular flexibility index (Phi) is 4.11. The fourth-order valence-corrected chi connectivity index (χ4v) is 2.19. The molecule has 2 rings (SSSR count). The van der Waals surface area contributed by atoms with Crippen LogP contribution in [-0.2, 0) is 4.74 Å². The number of rotatable bonds is 2. The first-order valence-electron chi connectivity index (χ1n) is 6.84. The van der Waals surface area contributed by atoms with E-state index in [9.17, 15) is 4.79 Å². The number of likely N-dealkylation sites (tertiary alicyclic amines) is 1. The van der Waals surface area contributed by atoms with Crippen molar-refractivity contribution in [2.75, 3.05) is 25.0 Å². The summed E-state index contributed by atoms with van der Waals surface area (Å²) in [4.78, 5) is 24.2. The first-order valence-corrected chi connectivity index (χ1v) is 6.84. The topological polar surface area (TPSA) is 58.6 Å². The number of likely N-dealkylation sites (N-methyl/N-ethyl adjacent to an activating group) is 1. The summed E-state index contributed by atoms with van der Waals surface area (Å²) in [5.41, 5.74) is -0.455. The van der Waals surface area contributed by atoms with E-state index in [1.165, 1.54) is 0 Å². The molecule has 0 bridgehead atoms. The van der Waals surface area contributed by atoms with Gasteiger partial charge in [0.2, 0.25) is 5.95 Å². The molecule has 0 aromatic carbocycles. The minimum Gasteiger partial charge on any atom is -0.444 e. The van der Waals surface area contributed by atoms with E-state index in [0.29, 0.717) is 19.0 Å². The highest BCUT2D eigenvalue weighted by Gasteiger charge is 2.32. The Morgan fingerprint density at radius 1 is 1.40 bits per heavy atom. The molecule has 6 heteroatoms. The second-order valence-corrected chi connectivity index (χ2v) is 6.03. The third-order valence-corrected chi connectivity index (χ3v) is 3.23. The van der Waals surface area contributed by atoms with Crippen molar-refractivity contribution in [3.8, 4) is 0 Å². The quantitative estimate of drug-likeness (QED) is 0.827. The van der Waals surface area contributed by atoms with Crippen LogP contribution in [0.25, 0.3) is 0 Å². The van der Waals surface area contributed by atoms with Gasteiger partial charge < -0.3 is 14.5 Å². The van der Waals surface area contributed by atoms with Crippen molar-refractivity contribution in [2.24, 2.45) is 0 Å². The zero-order valence-electron chi connectivity index (χ0n) is 12.5. The molecule has 1 amide bonds. The normalized spacial score (nSPS) is 19.0. The van der Waals surface area contributed by atoms with E-state index in [2.05, 4.69) is 9.97 Å². The molecule has 1 atom stereocenters. The van der Waals surface area contributed by atoms with Gasteiger partial charge >= 0.3 is 6.09 Å². The van der Waals surface area contributed by atoms with Gasteiger partial charge in [0.05, 0.1) is 6.04 Å². The second-order valence-electron chi connectivity index (χ2n) is 6.03. The van der Waals surface area contributed by atoms with Crippen LogP contribution in [0.15, 0.2) is 18.5 Å².